The van der Waals surface area contributed by atoms with Crippen molar-refractivity contribution in [2.24, 2.45) is 11.7 Å². The Kier molecular flexibility index (Phi) is 2.83. The molecular formula is C15H21NO2. The van der Waals surface area contributed by atoms with E-state index in [2.05, 4.69) is 32.0 Å². The first-order chi connectivity index (χ1) is 8.61. The number of hydrogen-bond acceptors (Lipinski definition) is 3. The van der Waals surface area contributed by atoms with Crippen molar-refractivity contribution in [1.29, 1.82) is 0 Å². The summed E-state index contributed by atoms with van der Waals surface area (Å²) in [5.74, 6) is 1.36. The van der Waals surface area contributed by atoms with E-state index in [0.29, 0.717) is 5.92 Å². The molecule has 2 unspecified atom stereocenters. The molecule has 0 aliphatic carbocycles. The van der Waals surface area contributed by atoms with E-state index in [0.717, 1.165) is 37.4 Å². The molecule has 2 aliphatic heterocycles. The van der Waals surface area contributed by atoms with Crippen molar-refractivity contribution in [3.05, 3.63) is 29.3 Å². The van der Waals surface area contributed by atoms with Crippen LogP contribution in [0.1, 0.15) is 36.9 Å². The first-order valence-electron chi connectivity index (χ1n) is 6.74. The highest BCUT2D eigenvalue weighted by Gasteiger charge is 2.45. The maximum absolute atomic E-state index is 6.36. The zero-order chi connectivity index (χ0) is 12.8. The zero-order valence-electron chi connectivity index (χ0n) is 11.1. The highest BCUT2D eigenvalue weighted by molar-refractivity contribution is 5.41. The molecule has 2 heterocycles. The Labute approximate surface area is 108 Å². The number of nitrogens with two attached hydrogens (primary N) is 1. The molecule has 0 saturated carbocycles. The van der Waals surface area contributed by atoms with Gasteiger partial charge in [0.2, 0.25) is 0 Å². The van der Waals surface area contributed by atoms with Gasteiger partial charge in [0.05, 0.1) is 13.2 Å². The van der Waals surface area contributed by atoms with Crippen molar-refractivity contribution < 1.29 is 9.47 Å². The Morgan fingerprint density at radius 1 is 1.39 bits per heavy atom. The monoisotopic (exact) mass is 247 g/mol. The lowest BCUT2D eigenvalue weighted by Gasteiger charge is -2.47. The van der Waals surface area contributed by atoms with E-state index in [1.807, 2.05) is 0 Å². The van der Waals surface area contributed by atoms with Crippen LogP contribution in [0.25, 0.3) is 0 Å². The summed E-state index contributed by atoms with van der Waals surface area (Å²) in [4.78, 5) is 0. The molecule has 1 aromatic rings. The second-order valence-electron chi connectivity index (χ2n) is 5.74. The van der Waals surface area contributed by atoms with Gasteiger partial charge in [0.25, 0.3) is 0 Å². The molecule has 2 N–H and O–H groups in total. The summed E-state index contributed by atoms with van der Waals surface area (Å²) in [5, 5.41) is 0. The van der Waals surface area contributed by atoms with E-state index in [4.69, 9.17) is 15.2 Å². The summed E-state index contributed by atoms with van der Waals surface area (Å²) >= 11 is 0. The summed E-state index contributed by atoms with van der Waals surface area (Å²) in [6.07, 6.45) is 1.84. The minimum atomic E-state index is -0.125. The Balaban J connectivity index is 1.98. The fraction of sp³-hybridized carbons (Fsp3) is 0.600. The van der Waals surface area contributed by atoms with Crippen LogP contribution in [0.4, 0.5) is 0 Å². The fourth-order valence-electron chi connectivity index (χ4n) is 3.15. The zero-order valence-corrected chi connectivity index (χ0v) is 11.1. The largest absolute Gasteiger partial charge is 0.486 e. The SMILES string of the molecule is Cc1ccc2c(c1)[C@@H](N)CC1(CCOCC1C)O2. The summed E-state index contributed by atoms with van der Waals surface area (Å²) in [5.41, 5.74) is 8.63. The Morgan fingerprint density at radius 3 is 3.00 bits per heavy atom. The van der Waals surface area contributed by atoms with Crippen LogP contribution in [0.15, 0.2) is 18.2 Å². The molecule has 18 heavy (non-hydrogen) atoms. The van der Waals surface area contributed by atoms with E-state index >= 15 is 0 Å². The number of fused-ring (bicyclic) bond motifs is 1. The second kappa shape index (κ2) is 4.25. The molecule has 0 radical (unpaired) electrons. The first kappa shape index (κ1) is 12.0. The van der Waals surface area contributed by atoms with E-state index in [9.17, 15) is 0 Å². The van der Waals surface area contributed by atoms with Crippen molar-refractivity contribution in [3.8, 4) is 5.75 Å². The molecule has 1 aromatic carbocycles. The van der Waals surface area contributed by atoms with Gasteiger partial charge in [-0.25, -0.2) is 0 Å². The Bertz CT molecular complexity index is 460. The van der Waals surface area contributed by atoms with Crippen molar-refractivity contribution >= 4 is 0 Å². The lowest BCUT2D eigenvalue weighted by atomic mass is 9.76. The third kappa shape index (κ3) is 1.82. The lowest BCUT2D eigenvalue weighted by Crippen LogP contribution is -2.52. The van der Waals surface area contributed by atoms with Gasteiger partial charge in [-0.15, -0.1) is 0 Å². The highest BCUT2D eigenvalue weighted by Crippen LogP contribution is 2.45. The topological polar surface area (TPSA) is 44.5 Å². The second-order valence-corrected chi connectivity index (χ2v) is 5.74. The fourth-order valence-corrected chi connectivity index (χ4v) is 3.15. The lowest BCUT2D eigenvalue weighted by molar-refractivity contribution is -0.103. The highest BCUT2D eigenvalue weighted by atomic mass is 16.5. The maximum Gasteiger partial charge on any atom is 0.124 e. The number of hydrogen-bond donors (Lipinski definition) is 1. The van der Waals surface area contributed by atoms with E-state index in [1.54, 1.807) is 0 Å². The van der Waals surface area contributed by atoms with Gasteiger partial charge in [-0.3, -0.25) is 0 Å². The van der Waals surface area contributed by atoms with Crippen LogP contribution in [-0.2, 0) is 4.74 Å². The minimum absolute atomic E-state index is 0.0780. The number of aryl methyl sites for hydroxylation is 1. The average Bonchev–Trinajstić information content (AvgIpc) is 2.34. The summed E-state index contributed by atoms with van der Waals surface area (Å²) in [7, 11) is 0. The average molecular weight is 247 g/mol. The quantitative estimate of drug-likeness (QED) is 0.766. The van der Waals surface area contributed by atoms with Crippen LogP contribution in [0.5, 0.6) is 5.75 Å². The molecule has 0 aromatic heterocycles. The van der Waals surface area contributed by atoms with Gasteiger partial charge in [-0.05, 0) is 13.0 Å². The molecule has 1 fully saturated rings. The number of rotatable bonds is 0. The molecule has 2 aliphatic rings. The third-order valence-corrected chi connectivity index (χ3v) is 4.38. The van der Waals surface area contributed by atoms with E-state index in [1.165, 1.54) is 5.56 Å². The van der Waals surface area contributed by atoms with Gasteiger partial charge in [0.1, 0.15) is 11.4 Å². The number of benzene rings is 1. The normalized spacial score (nSPS) is 35.1. The van der Waals surface area contributed by atoms with Crippen molar-refractivity contribution in [2.75, 3.05) is 13.2 Å². The Morgan fingerprint density at radius 2 is 2.22 bits per heavy atom. The van der Waals surface area contributed by atoms with Gasteiger partial charge in [0.15, 0.2) is 0 Å². The van der Waals surface area contributed by atoms with Gasteiger partial charge >= 0.3 is 0 Å². The van der Waals surface area contributed by atoms with Crippen molar-refractivity contribution in [3.63, 3.8) is 0 Å². The molecule has 3 atom stereocenters. The summed E-state index contributed by atoms with van der Waals surface area (Å²) in [6.45, 7) is 5.84. The molecule has 1 saturated heterocycles. The molecule has 98 valence electrons. The van der Waals surface area contributed by atoms with Crippen molar-refractivity contribution in [2.45, 2.75) is 38.3 Å². The molecule has 3 heteroatoms. The van der Waals surface area contributed by atoms with Crippen LogP contribution >= 0.6 is 0 Å². The first-order valence-corrected chi connectivity index (χ1v) is 6.74. The standard InChI is InChI=1S/C15H21NO2/c1-10-3-4-14-12(7-10)13(16)8-15(18-14)5-6-17-9-11(15)2/h3-4,7,11,13H,5-6,8-9,16H2,1-2H3/t11?,13-,15?/m0/s1. The number of ether oxygens (including phenoxy) is 2. The molecular weight excluding hydrogens is 226 g/mol. The molecule has 3 nitrogen and oxygen atoms in total. The van der Waals surface area contributed by atoms with Gasteiger partial charge < -0.3 is 15.2 Å². The third-order valence-electron chi connectivity index (χ3n) is 4.38. The van der Waals surface area contributed by atoms with Crippen LogP contribution in [0.2, 0.25) is 0 Å². The molecule has 3 rings (SSSR count). The van der Waals surface area contributed by atoms with Crippen molar-refractivity contribution in [1.82, 2.24) is 0 Å². The van der Waals surface area contributed by atoms with Gasteiger partial charge in [0, 0.05) is 30.4 Å². The summed E-state index contributed by atoms with van der Waals surface area (Å²) in [6, 6.07) is 6.38. The van der Waals surface area contributed by atoms with E-state index in [-0.39, 0.29) is 11.6 Å². The van der Waals surface area contributed by atoms with Crippen LogP contribution < -0.4 is 10.5 Å². The summed E-state index contributed by atoms with van der Waals surface area (Å²) < 4.78 is 11.9. The van der Waals surface area contributed by atoms with E-state index < -0.39 is 0 Å². The molecule has 0 bridgehead atoms. The van der Waals surface area contributed by atoms with Crippen LogP contribution in [0.3, 0.4) is 0 Å². The van der Waals surface area contributed by atoms with Crippen LogP contribution in [-0.4, -0.2) is 18.8 Å². The predicted octanol–water partition coefficient (Wildman–Crippen LogP) is 2.57. The smallest absolute Gasteiger partial charge is 0.124 e. The maximum atomic E-state index is 6.36. The van der Waals surface area contributed by atoms with Gasteiger partial charge in [-0.1, -0.05) is 24.6 Å². The minimum Gasteiger partial charge on any atom is -0.486 e. The molecule has 0 amide bonds. The Hall–Kier alpha value is -1.06. The van der Waals surface area contributed by atoms with Gasteiger partial charge in [-0.2, -0.15) is 0 Å². The molecule has 1 spiro atoms. The van der Waals surface area contributed by atoms with Crippen LogP contribution in [0, 0.1) is 12.8 Å². The predicted molar refractivity (Wildman–Crippen MR) is 70.7 cm³/mol.